The summed E-state index contributed by atoms with van der Waals surface area (Å²) in [5.41, 5.74) is 0.888. The molecule has 2 aromatic carbocycles. The van der Waals surface area contributed by atoms with Crippen molar-refractivity contribution < 1.29 is 18.3 Å². The Bertz CT molecular complexity index is 948. The highest BCUT2D eigenvalue weighted by molar-refractivity contribution is 5.90. The van der Waals surface area contributed by atoms with Gasteiger partial charge in [-0.1, -0.05) is 12.1 Å². The first-order chi connectivity index (χ1) is 14.0. The van der Waals surface area contributed by atoms with Gasteiger partial charge in [-0.15, -0.1) is 0 Å². The van der Waals surface area contributed by atoms with Crippen LogP contribution in [0, 0.1) is 17.6 Å². The van der Waals surface area contributed by atoms with E-state index in [1.165, 1.54) is 12.1 Å². The summed E-state index contributed by atoms with van der Waals surface area (Å²) in [7, 11) is 1.63. The minimum atomic E-state index is -0.560. The van der Waals surface area contributed by atoms with Gasteiger partial charge in [-0.25, -0.2) is 8.78 Å². The third kappa shape index (κ3) is 2.76. The summed E-state index contributed by atoms with van der Waals surface area (Å²) in [6, 6.07) is 11.2. The molecule has 152 valence electrons. The fourth-order valence-electron chi connectivity index (χ4n) is 5.73. The molecule has 4 nitrogen and oxygen atoms in total. The van der Waals surface area contributed by atoms with Crippen molar-refractivity contribution in [3.63, 3.8) is 0 Å². The van der Waals surface area contributed by atoms with Gasteiger partial charge < -0.3 is 9.64 Å². The van der Waals surface area contributed by atoms with Gasteiger partial charge in [0.1, 0.15) is 22.9 Å². The fourth-order valence-corrected chi connectivity index (χ4v) is 5.73. The Labute approximate surface area is 169 Å². The first kappa shape index (κ1) is 18.6. The number of carbonyl (C=O) groups excluding carboxylic acids is 1. The maximum atomic E-state index is 14.5. The summed E-state index contributed by atoms with van der Waals surface area (Å²) in [5.74, 6) is 0.248. The summed E-state index contributed by atoms with van der Waals surface area (Å²) in [5, 5.41) is 0. The van der Waals surface area contributed by atoms with Crippen LogP contribution in [0.1, 0.15) is 36.4 Å². The molecule has 3 saturated heterocycles. The molecular weight excluding hydrogens is 374 g/mol. The van der Waals surface area contributed by atoms with Crippen LogP contribution in [0.3, 0.4) is 0 Å². The number of likely N-dealkylation sites (tertiary alicyclic amines) is 1. The largest absolute Gasteiger partial charge is 0.497 e. The maximum Gasteiger partial charge on any atom is 0.243 e. The SMILES string of the molecule is COc1ccc(CN2C[C@@H]3C[C@@H](c4cc(F)ccc4F)N4CCC[C@@]34C2=O)cc1. The number of nitrogens with zero attached hydrogens (tertiary/aromatic N) is 2. The Morgan fingerprint density at radius 3 is 2.72 bits per heavy atom. The lowest BCUT2D eigenvalue weighted by atomic mass is 9.85. The van der Waals surface area contributed by atoms with Crippen LogP contribution in [-0.4, -0.2) is 41.4 Å². The van der Waals surface area contributed by atoms with Gasteiger partial charge in [0.2, 0.25) is 5.91 Å². The predicted molar refractivity (Wildman–Crippen MR) is 104 cm³/mol. The van der Waals surface area contributed by atoms with E-state index in [-0.39, 0.29) is 23.7 Å². The molecule has 0 bridgehead atoms. The molecule has 0 N–H and O–H groups in total. The molecule has 0 aromatic heterocycles. The molecule has 0 radical (unpaired) electrons. The first-order valence-corrected chi connectivity index (χ1v) is 10.2. The number of hydrogen-bond donors (Lipinski definition) is 0. The number of rotatable bonds is 4. The molecule has 2 aromatic rings. The molecule has 3 aliphatic heterocycles. The van der Waals surface area contributed by atoms with Crippen LogP contribution in [0.2, 0.25) is 0 Å². The zero-order chi connectivity index (χ0) is 20.2. The van der Waals surface area contributed by atoms with E-state index in [0.717, 1.165) is 36.8 Å². The normalized spacial score (nSPS) is 28.7. The van der Waals surface area contributed by atoms with Gasteiger partial charge >= 0.3 is 0 Å². The Hall–Kier alpha value is -2.47. The van der Waals surface area contributed by atoms with Crippen LogP contribution < -0.4 is 4.74 Å². The summed E-state index contributed by atoms with van der Waals surface area (Å²) < 4.78 is 33.5. The molecule has 5 rings (SSSR count). The zero-order valence-corrected chi connectivity index (χ0v) is 16.4. The van der Waals surface area contributed by atoms with Crippen molar-refractivity contribution in [1.82, 2.24) is 9.80 Å². The lowest BCUT2D eigenvalue weighted by molar-refractivity contribution is -0.137. The standard InChI is InChI=1S/C23H24F2N2O2/c1-29-18-6-3-15(4-7-18)13-26-14-16-11-21(19-12-17(24)5-8-20(19)25)27-10-2-9-23(16,27)22(26)28/h3-8,12,16,21H,2,9-11,13-14H2,1H3/t16-,21-,23-/m0/s1. The third-order valence-electron chi connectivity index (χ3n) is 6.98. The Morgan fingerprint density at radius 1 is 1.17 bits per heavy atom. The molecule has 6 heteroatoms. The van der Waals surface area contributed by atoms with Crippen molar-refractivity contribution in [2.24, 2.45) is 5.92 Å². The van der Waals surface area contributed by atoms with Crippen molar-refractivity contribution in [3.8, 4) is 5.75 Å². The number of hydrogen-bond acceptors (Lipinski definition) is 3. The topological polar surface area (TPSA) is 32.8 Å². The molecule has 1 amide bonds. The van der Waals surface area contributed by atoms with E-state index in [9.17, 15) is 13.6 Å². The highest BCUT2D eigenvalue weighted by Gasteiger charge is 2.65. The highest BCUT2D eigenvalue weighted by Crippen LogP contribution is 2.56. The van der Waals surface area contributed by atoms with Gasteiger partial charge in [0.15, 0.2) is 0 Å². The van der Waals surface area contributed by atoms with Gasteiger partial charge in [0, 0.05) is 30.6 Å². The molecule has 3 atom stereocenters. The molecular formula is C23H24F2N2O2. The molecule has 3 fully saturated rings. The highest BCUT2D eigenvalue weighted by atomic mass is 19.1. The van der Waals surface area contributed by atoms with Gasteiger partial charge in [0.25, 0.3) is 0 Å². The van der Waals surface area contributed by atoms with Crippen molar-refractivity contribution in [2.45, 2.75) is 37.4 Å². The van der Waals surface area contributed by atoms with E-state index in [2.05, 4.69) is 4.90 Å². The summed E-state index contributed by atoms with van der Waals surface area (Å²) in [4.78, 5) is 17.6. The summed E-state index contributed by atoms with van der Waals surface area (Å²) in [6.45, 7) is 1.97. The van der Waals surface area contributed by atoms with Crippen molar-refractivity contribution >= 4 is 5.91 Å². The molecule has 0 saturated carbocycles. The second-order valence-corrected chi connectivity index (χ2v) is 8.37. The van der Waals surface area contributed by atoms with E-state index in [1.807, 2.05) is 29.2 Å². The minimum Gasteiger partial charge on any atom is -0.497 e. The average Bonchev–Trinajstić information content (AvgIpc) is 3.35. The molecule has 29 heavy (non-hydrogen) atoms. The lowest BCUT2D eigenvalue weighted by Crippen LogP contribution is -2.49. The van der Waals surface area contributed by atoms with Crippen LogP contribution >= 0.6 is 0 Å². The van der Waals surface area contributed by atoms with Crippen molar-refractivity contribution in [3.05, 3.63) is 65.2 Å². The number of benzene rings is 2. The Kier molecular flexibility index (Phi) is 4.35. The Balaban J connectivity index is 1.41. The van der Waals surface area contributed by atoms with Crippen LogP contribution in [0.15, 0.2) is 42.5 Å². The summed E-state index contributed by atoms with van der Waals surface area (Å²) in [6.07, 6.45) is 2.39. The minimum absolute atomic E-state index is 0.134. The monoisotopic (exact) mass is 398 g/mol. The average molecular weight is 398 g/mol. The predicted octanol–water partition coefficient (Wildman–Crippen LogP) is 3.91. The quantitative estimate of drug-likeness (QED) is 0.783. The fraction of sp³-hybridized carbons (Fsp3) is 0.435. The third-order valence-corrected chi connectivity index (χ3v) is 6.98. The second kappa shape index (κ2) is 6.80. The molecule has 0 unspecified atom stereocenters. The smallest absolute Gasteiger partial charge is 0.243 e. The van der Waals surface area contributed by atoms with E-state index in [0.29, 0.717) is 25.1 Å². The lowest BCUT2D eigenvalue weighted by Gasteiger charge is -2.33. The first-order valence-electron chi connectivity index (χ1n) is 10.2. The number of halogens is 2. The van der Waals surface area contributed by atoms with Crippen LogP contribution in [0.25, 0.3) is 0 Å². The molecule has 3 aliphatic rings. The van der Waals surface area contributed by atoms with Crippen molar-refractivity contribution in [2.75, 3.05) is 20.2 Å². The van der Waals surface area contributed by atoms with Gasteiger partial charge in [-0.05, 0) is 61.7 Å². The molecule has 1 spiro atoms. The number of amides is 1. The Morgan fingerprint density at radius 2 is 1.97 bits per heavy atom. The number of carbonyl (C=O) groups is 1. The number of methoxy groups -OCH3 is 1. The van der Waals surface area contributed by atoms with Crippen LogP contribution in [0.5, 0.6) is 5.75 Å². The molecule has 3 heterocycles. The van der Waals surface area contributed by atoms with Crippen molar-refractivity contribution in [1.29, 1.82) is 0 Å². The maximum absolute atomic E-state index is 14.5. The summed E-state index contributed by atoms with van der Waals surface area (Å²) >= 11 is 0. The van der Waals surface area contributed by atoms with Gasteiger partial charge in [0.05, 0.1) is 7.11 Å². The van der Waals surface area contributed by atoms with Crippen LogP contribution in [0.4, 0.5) is 8.78 Å². The van der Waals surface area contributed by atoms with E-state index >= 15 is 0 Å². The van der Waals surface area contributed by atoms with Gasteiger partial charge in [-0.2, -0.15) is 0 Å². The van der Waals surface area contributed by atoms with Gasteiger partial charge in [-0.3, -0.25) is 9.69 Å². The zero-order valence-electron chi connectivity index (χ0n) is 16.4. The van der Waals surface area contributed by atoms with Crippen LogP contribution in [-0.2, 0) is 11.3 Å². The van der Waals surface area contributed by atoms with E-state index in [1.54, 1.807) is 7.11 Å². The van der Waals surface area contributed by atoms with E-state index in [4.69, 9.17) is 4.74 Å². The second-order valence-electron chi connectivity index (χ2n) is 8.37. The van der Waals surface area contributed by atoms with E-state index < -0.39 is 11.4 Å². The number of ether oxygens (including phenoxy) is 1. The molecule has 0 aliphatic carbocycles.